The monoisotopic (exact) mass is 468 g/mol. The summed E-state index contributed by atoms with van der Waals surface area (Å²) in [6, 6.07) is 8.69. The summed E-state index contributed by atoms with van der Waals surface area (Å²) in [7, 11) is 3.10. The summed E-state index contributed by atoms with van der Waals surface area (Å²) in [5.74, 6) is 0.829. The van der Waals surface area contributed by atoms with Crippen molar-refractivity contribution < 1.29 is 19.0 Å². The van der Waals surface area contributed by atoms with Crippen molar-refractivity contribution in [1.29, 1.82) is 0 Å². The van der Waals surface area contributed by atoms with Gasteiger partial charge in [-0.25, -0.2) is 9.78 Å². The van der Waals surface area contributed by atoms with Crippen LogP contribution in [0.4, 0.5) is 0 Å². The van der Waals surface area contributed by atoms with E-state index in [-0.39, 0.29) is 30.6 Å². The Hall–Kier alpha value is -3.66. The van der Waals surface area contributed by atoms with E-state index in [1.807, 2.05) is 6.07 Å². The number of amides is 1. The maximum atomic E-state index is 13.3. The second-order valence-electron chi connectivity index (χ2n) is 8.08. The summed E-state index contributed by atoms with van der Waals surface area (Å²) in [4.78, 5) is 43.1. The molecule has 1 aromatic carbocycles. The van der Waals surface area contributed by atoms with Crippen LogP contribution in [0.25, 0.3) is 11.0 Å². The molecule has 0 saturated carbocycles. The molecule has 1 amide bonds. The molecular weight excluding hydrogens is 440 g/mol. The molecule has 3 heterocycles. The minimum Gasteiger partial charge on any atom is -0.493 e. The first-order valence-electron chi connectivity index (χ1n) is 11.2. The van der Waals surface area contributed by atoms with Crippen LogP contribution in [0.15, 0.2) is 46.1 Å². The maximum Gasteiger partial charge on any atom is 0.332 e. The summed E-state index contributed by atoms with van der Waals surface area (Å²) in [5, 5.41) is 2.82. The molecular formula is C24H28N4O6. The van der Waals surface area contributed by atoms with Crippen molar-refractivity contribution in [2.24, 2.45) is 0 Å². The van der Waals surface area contributed by atoms with E-state index in [2.05, 4.69) is 10.3 Å². The fraction of sp³-hybridized carbons (Fsp3) is 0.417. The average molecular weight is 469 g/mol. The van der Waals surface area contributed by atoms with Crippen LogP contribution in [0.1, 0.15) is 18.4 Å². The van der Waals surface area contributed by atoms with E-state index >= 15 is 0 Å². The molecule has 0 spiro atoms. The van der Waals surface area contributed by atoms with Crippen molar-refractivity contribution in [2.45, 2.75) is 38.5 Å². The minimum absolute atomic E-state index is 0.00507. The first-order valence-corrected chi connectivity index (χ1v) is 11.2. The number of nitrogens with zero attached hydrogens (tertiary/aromatic N) is 3. The first kappa shape index (κ1) is 23.5. The van der Waals surface area contributed by atoms with Crippen molar-refractivity contribution in [1.82, 2.24) is 19.4 Å². The third kappa shape index (κ3) is 4.96. The Kier molecular flexibility index (Phi) is 7.27. The standard InChI is InChI=1S/C24H28N4O6/c1-32-19-8-7-16(13-20(19)33-2)9-11-27-23(30)22-18(6-3-10-25-22)28(24(27)31)15-21(29)26-14-17-5-4-12-34-17/h3,6-8,10,13,17H,4-5,9,11-12,14-15H2,1-2H3,(H,26,29). The van der Waals surface area contributed by atoms with Gasteiger partial charge in [-0.1, -0.05) is 6.07 Å². The molecule has 2 aromatic heterocycles. The van der Waals surface area contributed by atoms with Gasteiger partial charge in [0.25, 0.3) is 5.56 Å². The zero-order chi connectivity index (χ0) is 24.1. The van der Waals surface area contributed by atoms with Crippen molar-refractivity contribution >= 4 is 16.9 Å². The Bertz CT molecular complexity index is 1290. The second kappa shape index (κ2) is 10.5. The summed E-state index contributed by atoms with van der Waals surface area (Å²) in [5.41, 5.74) is 0.287. The molecule has 1 fully saturated rings. The number of carbonyl (C=O) groups is 1. The number of ether oxygens (including phenoxy) is 3. The van der Waals surface area contributed by atoms with Crippen LogP contribution in [0.3, 0.4) is 0 Å². The second-order valence-corrected chi connectivity index (χ2v) is 8.08. The molecule has 3 aromatic rings. The molecule has 0 aliphatic carbocycles. The summed E-state index contributed by atoms with van der Waals surface area (Å²) < 4.78 is 18.5. The van der Waals surface area contributed by atoms with Gasteiger partial charge in [-0.15, -0.1) is 0 Å². The molecule has 1 N–H and O–H groups in total. The summed E-state index contributed by atoms with van der Waals surface area (Å²) in [6.45, 7) is 0.992. The highest BCUT2D eigenvalue weighted by atomic mass is 16.5. The lowest BCUT2D eigenvalue weighted by Crippen LogP contribution is -2.44. The molecule has 1 unspecified atom stereocenters. The number of benzene rings is 1. The fourth-order valence-electron chi connectivity index (χ4n) is 4.10. The van der Waals surface area contributed by atoms with E-state index in [0.29, 0.717) is 36.6 Å². The van der Waals surface area contributed by atoms with Crippen LogP contribution in [-0.2, 0) is 29.0 Å². The third-order valence-electron chi connectivity index (χ3n) is 5.91. The van der Waals surface area contributed by atoms with Crippen LogP contribution in [0, 0.1) is 0 Å². The van der Waals surface area contributed by atoms with Crippen molar-refractivity contribution in [3.63, 3.8) is 0 Å². The number of hydrogen-bond donors (Lipinski definition) is 1. The van der Waals surface area contributed by atoms with Gasteiger partial charge in [0.05, 0.1) is 25.8 Å². The molecule has 0 bridgehead atoms. The van der Waals surface area contributed by atoms with Gasteiger partial charge in [0.2, 0.25) is 5.91 Å². The predicted octanol–water partition coefficient (Wildman–Crippen LogP) is 1.11. The van der Waals surface area contributed by atoms with Gasteiger partial charge >= 0.3 is 5.69 Å². The van der Waals surface area contributed by atoms with Crippen molar-refractivity contribution in [3.8, 4) is 11.5 Å². The number of aromatic nitrogens is 3. The Morgan fingerprint density at radius 2 is 2.00 bits per heavy atom. The van der Waals surface area contributed by atoms with Crippen LogP contribution in [-0.4, -0.2) is 53.5 Å². The molecule has 10 heteroatoms. The highest BCUT2D eigenvalue weighted by molar-refractivity contribution is 5.79. The predicted molar refractivity (Wildman–Crippen MR) is 125 cm³/mol. The number of nitrogens with one attached hydrogen (secondary N) is 1. The van der Waals surface area contributed by atoms with Crippen molar-refractivity contribution in [2.75, 3.05) is 27.4 Å². The van der Waals surface area contributed by atoms with Gasteiger partial charge in [0, 0.05) is 25.9 Å². The highest BCUT2D eigenvalue weighted by Crippen LogP contribution is 2.27. The third-order valence-corrected chi connectivity index (χ3v) is 5.91. The zero-order valence-corrected chi connectivity index (χ0v) is 19.3. The fourth-order valence-corrected chi connectivity index (χ4v) is 4.10. The lowest BCUT2D eigenvalue weighted by Gasteiger charge is -2.15. The van der Waals surface area contributed by atoms with Gasteiger partial charge in [-0.3, -0.25) is 18.7 Å². The molecule has 1 atom stereocenters. The van der Waals surface area contributed by atoms with Gasteiger partial charge in [-0.2, -0.15) is 0 Å². The smallest absolute Gasteiger partial charge is 0.332 e. The van der Waals surface area contributed by atoms with Crippen LogP contribution < -0.4 is 26.0 Å². The molecule has 1 aliphatic heterocycles. The van der Waals surface area contributed by atoms with E-state index in [0.717, 1.165) is 23.0 Å². The Labute approximate surface area is 196 Å². The maximum absolute atomic E-state index is 13.3. The highest BCUT2D eigenvalue weighted by Gasteiger charge is 2.19. The van der Waals surface area contributed by atoms with Gasteiger partial charge in [0.15, 0.2) is 17.0 Å². The largest absolute Gasteiger partial charge is 0.493 e. The number of hydrogen-bond acceptors (Lipinski definition) is 7. The minimum atomic E-state index is -0.557. The summed E-state index contributed by atoms with van der Waals surface area (Å²) >= 11 is 0. The van der Waals surface area contributed by atoms with Crippen molar-refractivity contribution in [3.05, 3.63) is 62.9 Å². The number of aryl methyl sites for hydroxylation is 1. The van der Waals surface area contributed by atoms with E-state index in [1.165, 1.54) is 10.8 Å². The SMILES string of the molecule is COc1ccc(CCn2c(=O)c3ncccc3n(CC(=O)NCC3CCCO3)c2=O)cc1OC. The van der Waals surface area contributed by atoms with E-state index < -0.39 is 11.2 Å². The molecule has 4 rings (SSSR count). The van der Waals surface area contributed by atoms with Crippen LogP contribution >= 0.6 is 0 Å². The number of fused-ring (bicyclic) bond motifs is 1. The first-order chi connectivity index (χ1) is 16.5. The number of carbonyl (C=O) groups excluding carboxylic acids is 1. The Morgan fingerprint density at radius 1 is 1.18 bits per heavy atom. The molecule has 1 saturated heterocycles. The van der Waals surface area contributed by atoms with Gasteiger partial charge in [-0.05, 0) is 49.1 Å². The quantitative estimate of drug-likeness (QED) is 0.501. The van der Waals surface area contributed by atoms with Gasteiger partial charge < -0.3 is 19.5 Å². The zero-order valence-electron chi connectivity index (χ0n) is 19.3. The number of pyridine rings is 1. The van der Waals surface area contributed by atoms with E-state index in [4.69, 9.17) is 14.2 Å². The topological polar surface area (TPSA) is 114 Å². The lowest BCUT2D eigenvalue weighted by atomic mass is 10.1. The van der Waals surface area contributed by atoms with E-state index in [9.17, 15) is 14.4 Å². The molecule has 0 radical (unpaired) electrons. The number of methoxy groups -OCH3 is 2. The normalized spacial score (nSPS) is 15.4. The Balaban J connectivity index is 1.60. The molecule has 10 nitrogen and oxygen atoms in total. The van der Waals surface area contributed by atoms with Crippen LogP contribution in [0.5, 0.6) is 11.5 Å². The Morgan fingerprint density at radius 3 is 2.74 bits per heavy atom. The average Bonchev–Trinajstić information content (AvgIpc) is 3.39. The van der Waals surface area contributed by atoms with E-state index in [1.54, 1.807) is 38.5 Å². The molecule has 34 heavy (non-hydrogen) atoms. The van der Waals surface area contributed by atoms with Crippen LogP contribution in [0.2, 0.25) is 0 Å². The lowest BCUT2D eigenvalue weighted by molar-refractivity contribution is -0.122. The number of rotatable bonds is 9. The van der Waals surface area contributed by atoms with Gasteiger partial charge in [0.1, 0.15) is 6.54 Å². The molecule has 1 aliphatic rings. The molecule has 180 valence electrons. The summed E-state index contributed by atoms with van der Waals surface area (Å²) in [6.07, 6.45) is 3.76.